The van der Waals surface area contributed by atoms with Gasteiger partial charge in [0.05, 0.1) is 12.6 Å². The van der Waals surface area contributed by atoms with E-state index < -0.39 is 0 Å². The Morgan fingerprint density at radius 1 is 1.00 bits per heavy atom. The third kappa shape index (κ3) is 2.77. The molecular formula is C18H21NO. The molecule has 1 N–H and O–H groups in total. The topological polar surface area (TPSA) is 23.5 Å². The van der Waals surface area contributed by atoms with Gasteiger partial charge in [0, 0.05) is 6.54 Å². The lowest BCUT2D eigenvalue weighted by Crippen LogP contribution is -2.28. The van der Waals surface area contributed by atoms with Crippen LogP contribution in [0.4, 0.5) is 0 Å². The first-order valence-corrected chi connectivity index (χ1v) is 7.33. The molecule has 2 atom stereocenters. The largest absolute Gasteiger partial charge is 0.394 e. The standard InChI is InChI=1S/C18H21NO/c20-14-18(16-9-5-2-6-10-16)19-12-11-17(13-19)15-7-3-1-4-8-15/h1-10,17-18,20H,11-14H2/t17-,18+/m0/s1. The van der Waals surface area contributed by atoms with Crippen LogP contribution >= 0.6 is 0 Å². The van der Waals surface area contributed by atoms with Crippen molar-refractivity contribution < 1.29 is 5.11 Å². The molecule has 1 aliphatic rings. The van der Waals surface area contributed by atoms with Gasteiger partial charge >= 0.3 is 0 Å². The minimum atomic E-state index is 0.130. The summed E-state index contributed by atoms with van der Waals surface area (Å²) in [6.07, 6.45) is 1.17. The van der Waals surface area contributed by atoms with Crippen molar-refractivity contribution in [2.75, 3.05) is 19.7 Å². The lowest BCUT2D eigenvalue weighted by Gasteiger charge is -2.26. The van der Waals surface area contributed by atoms with Crippen LogP contribution in [0.2, 0.25) is 0 Å². The molecule has 1 saturated heterocycles. The van der Waals surface area contributed by atoms with Crippen molar-refractivity contribution in [2.45, 2.75) is 18.4 Å². The molecule has 1 fully saturated rings. The molecule has 0 aromatic heterocycles. The van der Waals surface area contributed by atoms with Gasteiger partial charge in [-0.15, -0.1) is 0 Å². The van der Waals surface area contributed by atoms with Gasteiger partial charge in [-0.2, -0.15) is 0 Å². The zero-order valence-corrected chi connectivity index (χ0v) is 11.7. The predicted octanol–water partition coefficient (Wildman–Crippen LogP) is 3.21. The van der Waals surface area contributed by atoms with E-state index in [1.165, 1.54) is 17.5 Å². The number of benzene rings is 2. The number of hydrogen-bond donors (Lipinski definition) is 1. The Labute approximate surface area is 120 Å². The van der Waals surface area contributed by atoms with E-state index >= 15 is 0 Å². The van der Waals surface area contributed by atoms with Crippen LogP contribution in [0, 0.1) is 0 Å². The van der Waals surface area contributed by atoms with Crippen molar-refractivity contribution in [2.24, 2.45) is 0 Å². The van der Waals surface area contributed by atoms with E-state index in [1.807, 2.05) is 18.2 Å². The van der Waals surface area contributed by atoms with Crippen LogP contribution in [0.1, 0.15) is 29.5 Å². The molecule has 0 amide bonds. The van der Waals surface area contributed by atoms with Crippen LogP contribution in [-0.4, -0.2) is 29.7 Å². The van der Waals surface area contributed by atoms with Crippen LogP contribution in [0.3, 0.4) is 0 Å². The number of likely N-dealkylation sites (tertiary alicyclic amines) is 1. The molecular weight excluding hydrogens is 246 g/mol. The highest BCUT2D eigenvalue weighted by molar-refractivity contribution is 5.23. The van der Waals surface area contributed by atoms with E-state index in [4.69, 9.17) is 0 Å². The first-order valence-electron chi connectivity index (χ1n) is 7.33. The fourth-order valence-electron chi connectivity index (χ4n) is 3.17. The van der Waals surface area contributed by atoms with Crippen molar-refractivity contribution in [3.8, 4) is 0 Å². The molecule has 2 nitrogen and oxygen atoms in total. The van der Waals surface area contributed by atoms with Crippen LogP contribution in [-0.2, 0) is 0 Å². The van der Waals surface area contributed by atoms with Crippen molar-refractivity contribution in [1.82, 2.24) is 4.90 Å². The summed E-state index contributed by atoms with van der Waals surface area (Å²) in [7, 11) is 0. The van der Waals surface area contributed by atoms with Crippen LogP contribution in [0.25, 0.3) is 0 Å². The summed E-state index contributed by atoms with van der Waals surface area (Å²) >= 11 is 0. The molecule has 1 heterocycles. The summed E-state index contributed by atoms with van der Waals surface area (Å²) in [6.45, 7) is 2.27. The summed E-state index contributed by atoms with van der Waals surface area (Å²) in [5, 5.41) is 9.76. The monoisotopic (exact) mass is 267 g/mol. The molecule has 2 heteroatoms. The minimum Gasteiger partial charge on any atom is -0.394 e. The van der Waals surface area contributed by atoms with Gasteiger partial charge in [-0.05, 0) is 30.0 Å². The molecule has 3 rings (SSSR count). The molecule has 0 unspecified atom stereocenters. The third-order valence-corrected chi connectivity index (χ3v) is 4.29. The smallest absolute Gasteiger partial charge is 0.0628 e. The Hall–Kier alpha value is -1.64. The second-order valence-electron chi connectivity index (χ2n) is 5.50. The maximum absolute atomic E-state index is 9.76. The van der Waals surface area contributed by atoms with Gasteiger partial charge in [-0.1, -0.05) is 60.7 Å². The van der Waals surface area contributed by atoms with Gasteiger partial charge in [0.1, 0.15) is 0 Å². The van der Waals surface area contributed by atoms with Gasteiger partial charge in [0.15, 0.2) is 0 Å². The first kappa shape index (κ1) is 13.3. The number of nitrogens with zero attached hydrogens (tertiary/aromatic N) is 1. The molecule has 0 saturated carbocycles. The molecule has 20 heavy (non-hydrogen) atoms. The van der Waals surface area contributed by atoms with Crippen molar-refractivity contribution in [1.29, 1.82) is 0 Å². The zero-order chi connectivity index (χ0) is 13.8. The fourth-order valence-corrected chi connectivity index (χ4v) is 3.17. The lowest BCUT2D eigenvalue weighted by atomic mass is 9.98. The second-order valence-corrected chi connectivity index (χ2v) is 5.50. The Bertz CT molecular complexity index is 526. The van der Waals surface area contributed by atoms with Crippen molar-refractivity contribution >= 4 is 0 Å². The summed E-state index contributed by atoms with van der Waals surface area (Å²) in [4.78, 5) is 2.41. The second kappa shape index (κ2) is 6.21. The van der Waals surface area contributed by atoms with Crippen LogP contribution in [0.15, 0.2) is 60.7 Å². The predicted molar refractivity (Wildman–Crippen MR) is 81.6 cm³/mol. The van der Waals surface area contributed by atoms with Gasteiger partial charge in [-0.3, -0.25) is 4.90 Å². The number of aliphatic hydroxyl groups excluding tert-OH is 1. The first-order chi connectivity index (χ1) is 9.88. The molecule has 0 spiro atoms. The molecule has 0 aliphatic carbocycles. The SMILES string of the molecule is OC[C@H](c1ccccc1)N1CC[C@H](c2ccccc2)C1. The Balaban J connectivity index is 1.73. The molecule has 1 aliphatic heterocycles. The number of hydrogen-bond acceptors (Lipinski definition) is 2. The maximum Gasteiger partial charge on any atom is 0.0628 e. The summed E-state index contributed by atoms with van der Waals surface area (Å²) < 4.78 is 0. The molecule has 104 valence electrons. The van der Waals surface area contributed by atoms with Crippen molar-refractivity contribution in [3.05, 3.63) is 71.8 Å². The van der Waals surface area contributed by atoms with Gasteiger partial charge < -0.3 is 5.11 Å². The number of aliphatic hydroxyl groups is 1. The summed E-state index contributed by atoms with van der Waals surface area (Å²) in [6, 6.07) is 21.2. The van der Waals surface area contributed by atoms with E-state index in [2.05, 4.69) is 47.4 Å². The summed E-state index contributed by atoms with van der Waals surface area (Å²) in [5.41, 5.74) is 2.63. The van der Waals surface area contributed by atoms with Gasteiger partial charge in [-0.25, -0.2) is 0 Å². The number of rotatable bonds is 4. The Morgan fingerprint density at radius 2 is 1.65 bits per heavy atom. The average molecular weight is 267 g/mol. The highest BCUT2D eigenvalue weighted by atomic mass is 16.3. The molecule has 2 aromatic carbocycles. The highest BCUT2D eigenvalue weighted by Gasteiger charge is 2.29. The van der Waals surface area contributed by atoms with Gasteiger partial charge in [0.2, 0.25) is 0 Å². The van der Waals surface area contributed by atoms with Gasteiger partial charge in [0.25, 0.3) is 0 Å². The fraction of sp³-hybridized carbons (Fsp3) is 0.333. The highest BCUT2D eigenvalue weighted by Crippen LogP contribution is 2.32. The van der Waals surface area contributed by atoms with E-state index in [1.54, 1.807) is 0 Å². The van der Waals surface area contributed by atoms with E-state index in [9.17, 15) is 5.11 Å². The molecule has 2 aromatic rings. The normalized spacial score (nSPS) is 20.9. The molecule has 0 bridgehead atoms. The molecule has 0 radical (unpaired) electrons. The van der Waals surface area contributed by atoms with E-state index in [0.29, 0.717) is 5.92 Å². The van der Waals surface area contributed by atoms with Crippen LogP contribution in [0.5, 0.6) is 0 Å². The van der Waals surface area contributed by atoms with E-state index in [0.717, 1.165) is 13.1 Å². The lowest BCUT2D eigenvalue weighted by molar-refractivity contribution is 0.145. The Kier molecular flexibility index (Phi) is 4.14. The van der Waals surface area contributed by atoms with Crippen molar-refractivity contribution in [3.63, 3.8) is 0 Å². The Morgan fingerprint density at radius 3 is 2.30 bits per heavy atom. The maximum atomic E-state index is 9.76. The quantitative estimate of drug-likeness (QED) is 0.919. The van der Waals surface area contributed by atoms with Crippen LogP contribution < -0.4 is 0 Å². The van der Waals surface area contributed by atoms with E-state index in [-0.39, 0.29) is 12.6 Å². The minimum absolute atomic E-state index is 0.130. The third-order valence-electron chi connectivity index (χ3n) is 4.29. The zero-order valence-electron chi connectivity index (χ0n) is 11.7. The summed E-state index contributed by atoms with van der Waals surface area (Å²) in [5.74, 6) is 0.592. The average Bonchev–Trinajstić information content (AvgIpc) is 3.00.